The van der Waals surface area contributed by atoms with Crippen molar-refractivity contribution in [3.63, 3.8) is 0 Å². The molecule has 0 spiro atoms. The summed E-state index contributed by atoms with van der Waals surface area (Å²) < 4.78 is 0. The van der Waals surface area contributed by atoms with Crippen LogP contribution in [0.5, 0.6) is 0 Å². The molecule has 3 rings (SSSR count). The summed E-state index contributed by atoms with van der Waals surface area (Å²) in [4.78, 5) is 23.3. The van der Waals surface area contributed by atoms with E-state index in [2.05, 4.69) is 15.0 Å². The Labute approximate surface area is 116 Å². The molecule has 4 heteroatoms. The van der Waals surface area contributed by atoms with E-state index in [0.29, 0.717) is 17.2 Å². The van der Waals surface area contributed by atoms with E-state index in [4.69, 9.17) is 0 Å². The summed E-state index contributed by atoms with van der Waals surface area (Å²) in [7, 11) is 0. The zero-order valence-electron chi connectivity index (χ0n) is 11.0. The first kappa shape index (κ1) is 12.3. The van der Waals surface area contributed by atoms with E-state index in [1.165, 1.54) is 6.07 Å². The normalized spacial score (nSPS) is 10.4. The van der Waals surface area contributed by atoms with Gasteiger partial charge in [0.05, 0.1) is 5.69 Å². The van der Waals surface area contributed by atoms with Gasteiger partial charge in [0.2, 0.25) is 0 Å². The summed E-state index contributed by atoms with van der Waals surface area (Å²) in [5, 5.41) is 0. The van der Waals surface area contributed by atoms with Gasteiger partial charge in [-0.3, -0.25) is 9.78 Å². The molecule has 2 aromatic heterocycles. The van der Waals surface area contributed by atoms with Crippen molar-refractivity contribution in [2.24, 2.45) is 0 Å². The highest BCUT2D eigenvalue weighted by Crippen LogP contribution is 2.18. The van der Waals surface area contributed by atoms with E-state index in [0.717, 1.165) is 11.1 Å². The predicted molar refractivity (Wildman–Crippen MR) is 78.3 cm³/mol. The molecule has 0 bridgehead atoms. The molecule has 3 aromatic rings. The molecule has 4 nitrogen and oxygen atoms in total. The van der Waals surface area contributed by atoms with Crippen molar-refractivity contribution in [3.05, 3.63) is 70.6 Å². The number of nitrogens with one attached hydrogen (secondary N) is 1. The van der Waals surface area contributed by atoms with Gasteiger partial charge >= 0.3 is 0 Å². The van der Waals surface area contributed by atoms with Crippen molar-refractivity contribution < 1.29 is 0 Å². The largest absolute Gasteiger partial charge is 0.305 e. The zero-order valence-corrected chi connectivity index (χ0v) is 11.0. The van der Waals surface area contributed by atoms with Crippen molar-refractivity contribution in [2.45, 2.75) is 6.92 Å². The van der Waals surface area contributed by atoms with Crippen molar-refractivity contribution in [3.8, 4) is 22.8 Å². The number of hydrogen-bond donors (Lipinski definition) is 1. The third-order valence-corrected chi connectivity index (χ3v) is 2.97. The second-order valence-electron chi connectivity index (χ2n) is 4.56. The smallest absolute Gasteiger partial charge is 0.251 e. The van der Waals surface area contributed by atoms with E-state index in [9.17, 15) is 4.79 Å². The van der Waals surface area contributed by atoms with Crippen LogP contribution in [0.1, 0.15) is 5.56 Å². The first-order valence-electron chi connectivity index (χ1n) is 6.32. The Morgan fingerprint density at radius 1 is 1.00 bits per heavy atom. The Hall–Kier alpha value is -2.75. The molecular formula is C16H13N3O. The first-order valence-corrected chi connectivity index (χ1v) is 6.32. The van der Waals surface area contributed by atoms with Crippen LogP contribution in [0.15, 0.2) is 59.5 Å². The molecule has 1 aromatic carbocycles. The van der Waals surface area contributed by atoms with Gasteiger partial charge in [-0.1, -0.05) is 30.3 Å². The molecule has 0 aliphatic rings. The molecule has 98 valence electrons. The lowest BCUT2D eigenvalue weighted by atomic mass is 10.1. The molecule has 0 radical (unpaired) electrons. The van der Waals surface area contributed by atoms with Gasteiger partial charge in [-0.05, 0) is 24.6 Å². The number of aromatic amines is 1. The number of benzene rings is 1. The number of rotatable bonds is 2. The molecule has 2 heterocycles. The summed E-state index contributed by atoms with van der Waals surface area (Å²) >= 11 is 0. The molecule has 0 aliphatic carbocycles. The van der Waals surface area contributed by atoms with E-state index < -0.39 is 0 Å². The molecule has 0 fully saturated rings. The maximum absolute atomic E-state index is 11.8. The second-order valence-corrected chi connectivity index (χ2v) is 4.56. The fourth-order valence-electron chi connectivity index (χ4n) is 2.00. The van der Waals surface area contributed by atoms with Crippen LogP contribution in [0.25, 0.3) is 22.8 Å². The molecule has 0 unspecified atom stereocenters. The predicted octanol–water partition coefficient (Wildman–Crippen LogP) is 2.81. The Balaban J connectivity index is 2.15. The van der Waals surface area contributed by atoms with Crippen LogP contribution in [0.3, 0.4) is 0 Å². The number of H-pyrrole nitrogens is 1. The summed E-state index contributed by atoms with van der Waals surface area (Å²) in [5.41, 5.74) is 3.11. The van der Waals surface area contributed by atoms with Gasteiger partial charge in [0.25, 0.3) is 5.56 Å². The van der Waals surface area contributed by atoms with Gasteiger partial charge in [0.15, 0.2) is 5.82 Å². The van der Waals surface area contributed by atoms with Gasteiger partial charge in [-0.15, -0.1) is 0 Å². The number of hydrogen-bond acceptors (Lipinski definition) is 3. The van der Waals surface area contributed by atoms with Crippen molar-refractivity contribution in [1.29, 1.82) is 0 Å². The topological polar surface area (TPSA) is 58.6 Å². The van der Waals surface area contributed by atoms with Gasteiger partial charge in [-0.25, -0.2) is 4.98 Å². The summed E-state index contributed by atoms with van der Waals surface area (Å²) in [6.45, 7) is 1.98. The minimum absolute atomic E-state index is 0.183. The average molecular weight is 263 g/mol. The minimum Gasteiger partial charge on any atom is -0.305 e. The Morgan fingerprint density at radius 2 is 1.80 bits per heavy atom. The van der Waals surface area contributed by atoms with Gasteiger partial charge in [-0.2, -0.15) is 0 Å². The van der Waals surface area contributed by atoms with Crippen molar-refractivity contribution >= 4 is 0 Å². The Kier molecular flexibility index (Phi) is 3.13. The monoisotopic (exact) mass is 263 g/mol. The highest BCUT2D eigenvalue weighted by atomic mass is 16.1. The molecule has 0 saturated heterocycles. The number of aromatic nitrogens is 3. The van der Waals surface area contributed by atoms with Gasteiger partial charge in [0.1, 0.15) is 5.69 Å². The molecule has 20 heavy (non-hydrogen) atoms. The summed E-state index contributed by atoms with van der Waals surface area (Å²) in [5.74, 6) is 0.486. The fraction of sp³-hybridized carbons (Fsp3) is 0.0625. The first-order chi connectivity index (χ1) is 9.72. The third-order valence-electron chi connectivity index (χ3n) is 2.97. The quantitative estimate of drug-likeness (QED) is 0.773. The molecule has 0 atom stereocenters. The summed E-state index contributed by atoms with van der Waals surface area (Å²) in [6.07, 6.45) is 1.71. The standard InChI is InChI=1S/C16H13N3O/c1-11-7-8-17-14(9-11)16-18-13(10-15(20)19-16)12-5-3-2-4-6-12/h2-10H,1H3,(H,18,19,20). The molecule has 0 aliphatic heterocycles. The van der Waals surface area contributed by atoms with E-state index >= 15 is 0 Å². The van der Waals surface area contributed by atoms with E-state index in [1.807, 2.05) is 49.4 Å². The maximum atomic E-state index is 11.8. The lowest BCUT2D eigenvalue weighted by Crippen LogP contribution is -2.09. The lowest BCUT2D eigenvalue weighted by molar-refractivity contribution is 1.10. The van der Waals surface area contributed by atoms with E-state index in [1.54, 1.807) is 6.20 Å². The Bertz CT molecular complexity index is 794. The highest BCUT2D eigenvalue weighted by Gasteiger charge is 2.07. The third kappa shape index (κ3) is 2.49. The molecular weight excluding hydrogens is 250 g/mol. The van der Waals surface area contributed by atoms with Crippen LogP contribution in [-0.2, 0) is 0 Å². The second kappa shape index (κ2) is 5.09. The SMILES string of the molecule is Cc1ccnc(-c2nc(-c3ccccc3)cc(=O)[nH]2)c1. The van der Waals surface area contributed by atoms with Gasteiger partial charge in [0, 0.05) is 17.8 Å². The number of nitrogens with zero attached hydrogens (tertiary/aromatic N) is 2. The molecule has 1 N–H and O–H groups in total. The van der Waals surface area contributed by atoms with Crippen LogP contribution in [-0.4, -0.2) is 15.0 Å². The van der Waals surface area contributed by atoms with E-state index in [-0.39, 0.29) is 5.56 Å². The average Bonchev–Trinajstić information content (AvgIpc) is 2.47. The Morgan fingerprint density at radius 3 is 2.55 bits per heavy atom. The maximum Gasteiger partial charge on any atom is 0.251 e. The minimum atomic E-state index is -0.183. The van der Waals surface area contributed by atoms with Crippen LogP contribution >= 0.6 is 0 Å². The van der Waals surface area contributed by atoms with Gasteiger partial charge < -0.3 is 4.98 Å². The van der Waals surface area contributed by atoms with Crippen LogP contribution in [0.2, 0.25) is 0 Å². The highest BCUT2D eigenvalue weighted by molar-refractivity contribution is 5.61. The lowest BCUT2D eigenvalue weighted by Gasteiger charge is -2.04. The fourth-order valence-corrected chi connectivity index (χ4v) is 2.00. The van der Waals surface area contributed by atoms with Crippen LogP contribution in [0, 0.1) is 6.92 Å². The molecule has 0 saturated carbocycles. The molecule has 0 amide bonds. The zero-order chi connectivity index (χ0) is 13.9. The van der Waals surface area contributed by atoms with Crippen molar-refractivity contribution in [1.82, 2.24) is 15.0 Å². The number of pyridine rings is 1. The summed E-state index contributed by atoms with van der Waals surface area (Å²) in [6, 6.07) is 14.9. The van der Waals surface area contributed by atoms with Crippen LogP contribution in [0.4, 0.5) is 0 Å². The van der Waals surface area contributed by atoms with Crippen molar-refractivity contribution in [2.75, 3.05) is 0 Å². The number of aryl methyl sites for hydroxylation is 1. The van der Waals surface area contributed by atoms with Crippen LogP contribution < -0.4 is 5.56 Å².